The summed E-state index contributed by atoms with van der Waals surface area (Å²) in [5.74, 6) is 1.55. The lowest BCUT2D eigenvalue weighted by atomic mass is 10.0. The molecule has 136 valence electrons. The van der Waals surface area contributed by atoms with Gasteiger partial charge in [0.25, 0.3) is 0 Å². The first-order valence-corrected chi connectivity index (χ1v) is 8.68. The van der Waals surface area contributed by atoms with Gasteiger partial charge in [0.2, 0.25) is 5.91 Å². The van der Waals surface area contributed by atoms with Crippen LogP contribution in [-0.2, 0) is 11.2 Å². The van der Waals surface area contributed by atoms with Gasteiger partial charge in [0.1, 0.15) is 6.61 Å². The molecule has 2 aliphatic heterocycles. The lowest BCUT2D eigenvalue weighted by molar-refractivity contribution is -0.128. The number of urea groups is 1. The second-order valence-corrected chi connectivity index (χ2v) is 6.46. The number of nitrogens with zero attached hydrogens (tertiary/aromatic N) is 2. The van der Waals surface area contributed by atoms with Gasteiger partial charge in [-0.2, -0.15) is 0 Å². The maximum atomic E-state index is 12.6. The molecule has 1 atom stereocenters. The van der Waals surface area contributed by atoms with E-state index in [9.17, 15) is 9.59 Å². The van der Waals surface area contributed by atoms with Crippen LogP contribution in [0.2, 0.25) is 0 Å². The largest absolute Gasteiger partial charge is 0.493 e. The first-order valence-electron chi connectivity index (χ1n) is 8.68. The second kappa shape index (κ2) is 7.63. The van der Waals surface area contributed by atoms with E-state index in [4.69, 9.17) is 9.47 Å². The minimum Gasteiger partial charge on any atom is -0.493 e. The number of carbonyl (C=O) groups is 2. The summed E-state index contributed by atoms with van der Waals surface area (Å²) in [4.78, 5) is 27.6. The molecule has 0 aliphatic carbocycles. The first-order chi connectivity index (χ1) is 12.1. The van der Waals surface area contributed by atoms with Crippen molar-refractivity contribution in [3.05, 3.63) is 23.8 Å². The van der Waals surface area contributed by atoms with Gasteiger partial charge in [-0.05, 0) is 18.9 Å². The SMILES string of the molecule is COc1cccc2c1OCC(NC(=O)N1CCCN(C(C)=O)CC1)C2. The molecule has 0 spiro atoms. The molecule has 2 heterocycles. The number of carbonyl (C=O) groups excluding carboxylic acids is 2. The van der Waals surface area contributed by atoms with Gasteiger partial charge in [0.15, 0.2) is 11.5 Å². The highest BCUT2D eigenvalue weighted by molar-refractivity contribution is 5.75. The number of methoxy groups -OCH3 is 1. The number of nitrogens with one attached hydrogen (secondary N) is 1. The van der Waals surface area contributed by atoms with Gasteiger partial charge in [0, 0.05) is 38.7 Å². The molecule has 25 heavy (non-hydrogen) atoms. The Hall–Kier alpha value is -2.44. The highest BCUT2D eigenvalue weighted by Gasteiger charge is 2.26. The molecule has 0 aromatic heterocycles. The Kier molecular flexibility index (Phi) is 5.31. The van der Waals surface area contributed by atoms with Crippen LogP contribution in [0, 0.1) is 0 Å². The summed E-state index contributed by atoms with van der Waals surface area (Å²) in [6, 6.07) is 5.63. The van der Waals surface area contributed by atoms with Crippen LogP contribution in [0.4, 0.5) is 4.79 Å². The van der Waals surface area contributed by atoms with Crippen molar-refractivity contribution in [2.45, 2.75) is 25.8 Å². The van der Waals surface area contributed by atoms with Crippen molar-refractivity contribution in [1.82, 2.24) is 15.1 Å². The fourth-order valence-electron chi connectivity index (χ4n) is 3.35. The summed E-state index contributed by atoms with van der Waals surface area (Å²) < 4.78 is 11.1. The molecule has 1 aromatic rings. The zero-order chi connectivity index (χ0) is 17.8. The van der Waals surface area contributed by atoms with E-state index in [-0.39, 0.29) is 18.0 Å². The fraction of sp³-hybridized carbons (Fsp3) is 0.556. The Labute approximate surface area is 147 Å². The van der Waals surface area contributed by atoms with Crippen LogP contribution in [0.25, 0.3) is 0 Å². The highest BCUT2D eigenvalue weighted by atomic mass is 16.5. The smallest absolute Gasteiger partial charge is 0.317 e. The molecule has 1 N–H and O–H groups in total. The van der Waals surface area contributed by atoms with Crippen molar-refractivity contribution < 1.29 is 19.1 Å². The molecule has 1 aromatic carbocycles. The van der Waals surface area contributed by atoms with Gasteiger partial charge in [-0.1, -0.05) is 12.1 Å². The van der Waals surface area contributed by atoms with Crippen LogP contribution >= 0.6 is 0 Å². The number of ether oxygens (including phenoxy) is 2. The number of benzene rings is 1. The minimum absolute atomic E-state index is 0.0634. The van der Waals surface area contributed by atoms with E-state index >= 15 is 0 Å². The van der Waals surface area contributed by atoms with E-state index in [0.717, 1.165) is 23.5 Å². The Morgan fingerprint density at radius 2 is 1.96 bits per heavy atom. The quantitative estimate of drug-likeness (QED) is 0.874. The van der Waals surface area contributed by atoms with Crippen molar-refractivity contribution in [1.29, 1.82) is 0 Å². The normalized spacial score (nSPS) is 20.2. The molecule has 0 bridgehead atoms. The van der Waals surface area contributed by atoms with Crippen molar-refractivity contribution in [2.24, 2.45) is 0 Å². The molecule has 0 saturated carbocycles. The number of rotatable bonds is 2. The topological polar surface area (TPSA) is 71.1 Å². The van der Waals surface area contributed by atoms with E-state index in [0.29, 0.717) is 39.2 Å². The van der Waals surface area contributed by atoms with E-state index in [1.54, 1.807) is 23.8 Å². The molecule has 2 aliphatic rings. The van der Waals surface area contributed by atoms with Crippen LogP contribution < -0.4 is 14.8 Å². The van der Waals surface area contributed by atoms with Crippen molar-refractivity contribution in [3.8, 4) is 11.5 Å². The number of hydrogen-bond donors (Lipinski definition) is 1. The van der Waals surface area contributed by atoms with Gasteiger partial charge >= 0.3 is 6.03 Å². The summed E-state index contributed by atoms with van der Waals surface area (Å²) in [6.45, 7) is 4.51. The Bertz CT molecular complexity index is 649. The molecular weight excluding hydrogens is 322 g/mol. The lowest BCUT2D eigenvalue weighted by Crippen LogP contribution is -2.49. The molecule has 0 radical (unpaired) electrons. The predicted octanol–water partition coefficient (Wildman–Crippen LogP) is 1.26. The summed E-state index contributed by atoms with van der Waals surface area (Å²) in [6.07, 6.45) is 1.51. The molecule has 1 saturated heterocycles. The monoisotopic (exact) mass is 347 g/mol. The highest BCUT2D eigenvalue weighted by Crippen LogP contribution is 2.34. The average Bonchev–Trinajstić information content (AvgIpc) is 2.87. The summed E-state index contributed by atoms with van der Waals surface area (Å²) in [7, 11) is 1.62. The van der Waals surface area contributed by atoms with Gasteiger partial charge in [-0.25, -0.2) is 4.79 Å². The first kappa shape index (κ1) is 17.4. The third kappa shape index (κ3) is 3.97. The average molecular weight is 347 g/mol. The zero-order valence-corrected chi connectivity index (χ0v) is 14.8. The summed E-state index contributed by atoms with van der Waals surface area (Å²) in [5, 5.41) is 3.06. The van der Waals surface area contributed by atoms with E-state index in [2.05, 4.69) is 5.32 Å². The lowest BCUT2D eigenvalue weighted by Gasteiger charge is -2.29. The predicted molar refractivity (Wildman–Crippen MR) is 93.0 cm³/mol. The number of para-hydroxylation sites is 1. The van der Waals surface area contributed by atoms with Crippen LogP contribution in [0.1, 0.15) is 18.9 Å². The molecule has 7 heteroatoms. The van der Waals surface area contributed by atoms with Gasteiger partial charge in [-0.3, -0.25) is 4.79 Å². The molecule has 3 rings (SSSR count). The van der Waals surface area contributed by atoms with E-state index in [1.165, 1.54) is 0 Å². The van der Waals surface area contributed by atoms with Gasteiger partial charge in [-0.15, -0.1) is 0 Å². The summed E-state index contributed by atoms with van der Waals surface area (Å²) >= 11 is 0. The zero-order valence-electron chi connectivity index (χ0n) is 14.8. The number of fused-ring (bicyclic) bond motifs is 1. The molecule has 1 unspecified atom stereocenters. The maximum Gasteiger partial charge on any atom is 0.317 e. The number of amides is 3. The Morgan fingerprint density at radius 3 is 2.72 bits per heavy atom. The fourth-order valence-corrected chi connectivity index (χ4v) is 3.35. The van der Waals surface area contributed by atoms with Crippen LogP contribution in [0.5, 0.6) is 11.5 Å². The van der Waals surface area contributed by atoms with Crippen molar-refractivity contribution >= 4 is 11.9 Å². The van der Waals surface area contributed by atoms with Crippen LogP contribution in [-0.4, -0.2) is 67.7 Å². The molecular formula is C18H25N3O4. The van der Waals surface area contributed by atoms with Crippen LogP contribution in [0.3, 0.4) is 0 Å². The second-order valence-electron chi connectivity index (χ2n) is 6.46. The van der Waals surface area contributed by atoms with Gasteiger partial charge < -0.3 is 24.6 Å². The van der Waals surface area contributed by atoms with Crippen molar-refractivity contribution in [2.75, 3.05) is 39.9 Å². The maximum absolute atomic E-state index is 12.6. The molecule has 1 fully saturated rings. The molecule has 7 nitrogen and oxygen atoms in total. The Morgan fingerprint density at radius 1 is 1.20 bits per heavy atom. The Balaban J connectivity index is 1.58. The van der Waals surface area contributed by atoms with Crippen molar-refractivity contribution in [3.63, 3.8) is 0 Å². The van der Waals surface area contributed by atoms with Crippen LogP contribution in [0.15, 0.2) is 18.2 Å². The molecule has 3 amide bonds. The standard InChI is InChI=1S/C18H25N3O4/c1-13(22)20-7-4-8-21(10-9-20)18(23)19-15-11-14-5-3-6-16(24-2)17(14)25-12-15/h3,5-6,15H,4,7-12H2,1-2H3,(H,19,23). The third-order valence-electron chi connectivity index (χ3n) is 4.73. The van der Waals surface area contributed by atoms with Gasteiger partial charge in [0.05, 0.1) is 13.2 Å². The van der Waals surface area contributed by atoms with E-state index in [1.807, 2.05) is 18.2 Å². The summed E-state index contributed by atoms with van der Waals surface area (Å²) in [5.41, 5.74) is 1.04. The minimum atomic E-state index is -0.0923. The number of hydrogen-bond acceptors (Lipinski definition) is 4. The third-order valence-corrected chi connectivity index (χ3v) is 4.73. The van der Waals surface area contributed by atoms with E-state index < -0.39 is 0 Å².